The molecule has 0 radical (unpaired) electrons. The Bertz CT molecular complexity index is 500. The van der Waals surface area contributed by atoms with E-state index in [1.165, 1.54) is 28.5 Å². The molecule has 1 aliphatic rings. The maximum absolute atomic E-state index is 12.1. The van der Waals surface area contributed by atoms with Gasteiger partial charge in [0.1, 0.15) is 5.01 Å². The van der Waals surface area contributed by atoms with E-state index in [1.807, 2.05) is 5.38 Å². The molecule has 1 heterocycles. The monoisotopic (exact) mass is 318 g/mol. The summed E-state index contributed by atoms with van der Waals surface area (Å²) >= 11 is 1.45. The first-order valence-electron chi connectivity index (χ1n) is 6.85. The van der Waals surface area contributed by atoms with E-state index >= 15 is 0 Å². The van der Waals surface area contributed by atoms with Crippen LogP contribution in [0.3, 0.4) is 0 Å². The highest BCUT2D eigenvalue weighted by Gasteiger charge is 2.23. The molecule has 0 aliphatic heterocycles. The van der Waals surface area contributed by atoms with Crippen LogP contribution in [0.5, 0.6) is 0 Å². The number of thiazole rings is 1. The lowest BCUT2D eigenvalue weighted by Crippen LogP contribution is -2.40. The van der Waals surface area contributed by atoms with Crippen molar-refractivity contribution in [2.24, 2.45) is 0 Å². The summed E-state index contributed by atoms with van der Waals surface area (Å²) in [5.41, 5.74) is 0. The molecule has 8 heteroatoms. The lowest BCUT2D eigenvalue weighted by molar-refractivity contribution is 0.438. The molecule has 2 N–H and O–H groups in total. The summed E-state index contributed by atoms with van der Waals surface area (Å²) in [6.45, 7) is 3.19. The topological polar surface area (TPSA) is 74.3 Å². The van der Waals surface area contributed by atoms with Crippen LogP contribution in [-0.4, -0.2) is 43.9 Å². The smallest absolute Gasteiger partial charge is 0.279 e. The molecule has 1 unspecified atom stereocenters. The van der Waals surface area contributed by atoms with Crippen LogP contribution in [0.1, 0.15) is 37.2 Å². The summed E-state index contributed by atoms with van der Waals surface area (Å²) in [6.07, 6.45) is 5.00. The van der Waals surface area contributed by atoms with Crippen molar-refractivity contribution < 1.29 is 8.42 Å². The van der Waals surface area contributed by atoms with Gasteiger partial charge in [-0.15, -0.1) is 11.3 Å². The van der Waals surface area contributed by atoms with Crippen molar-refractivity contribution >= 4 is 21.5 Å². The van der Waals surface area contributed by atoms with Gasteiger partial charge in [0.15, 0.2) is 0 Å². The second-order valence-corrected chi connectivity index (χ2v) is 7.85. The molecule has 114 valence electrons. The van der Waals surface area contributed by atoms with Gasteiger partial charge in [0.25, 0.3) is 10.2 Å². The highest BCUT2D eigenvalue weighted by molar-refractivity contribution is 7.87. The summed E-state index contributed by atoms with van der Waals surface area (Å²) in [5, 5.41) is 5.99. The van der Waals surface area contributed by atoms with Crippen molar-refractivity contribution in [3.05, 3.63) is 16.6 Å². The van der Waals surface area contributed by atoms with Crippen molar-refractivity contribution in [1.82, 2.24) is 19.3 Å². The summed E-state index contributed by atoms with van der Waals surface area (Å²) in [6, 6.07) is 0.368. The molecule has 20 heavy (non-hydrogen) atoms. The van der Waals surface area contributed by atoms with Crippen molar-refractivity contribution in [2.75, 3.05) is 20.1 Å². The molecular weight excluding hydrogens is 296 g/mol. The largest absolute Gasteiger partial charge is 0.314 e. The number of nitrogens with zero attached hydrogens (tertiary/aromatic N) is 2. The predicted molar refractivity (Wildman–Crippen MR) is 80.9 cm³/mol. The fraction of sp³-hybridized carbons (Fsp3) is 0.750. The first kappa shape index (κ1) is 15.8. The molecule has 0 bridgehead atoms. The summed E-state index contributed by atoms with van der Waals surface area (Å²) in [4.78, 5) is 4.12. The van der Waals surface area contributed by atoms with Gasteiger partial charge in [-0.25, -0.2) is 4.98 Å². The maximum Gasteiger partial charge on any atom is 0.279 e. The molecule has 0 spiro atoms. The van der Waals surface area contributed by atoms with Crippen molar-refractivity contribution in [3.8, 4) is 0 Å². The van der Waals surface area contributed by atoms with E-state index in [9.17, 15) is 8.42 Å². The third-order valence-electron chi connectivity index (χ3n) is 3.22. The van der Waals surface area contributed by atoms with Crippen LogP contribution >= 0.6 is 11.3 Å². The average Bonchev–Trinajstić information content (AvgIpc) is 3.04. The summed E-state index contributed by atoms with van der Waals surface area (Å²) < 4.78 is 28.3. The second kappa shape index (κ2) is 6.95. The Kier molecular flexibility index (Phi) is 5.50. The number of hydrogen-bond acceptors (Lipinski definition) is 5. The third kappa shape index (κ3) is 4.78. The molecule has 1 saturated carbocycles. The fourth-order valence-electron chi connectivity index (χ4n) is 1.83. The Morgan fingerprint density at radius 1 is 1.55 bits per heavy atom. The van der Waals surface area contributed by atoms with E-state index in [2.05, 4.69) is 15.0 Å². The van der Waals surface area contributed by atoms with Crippen LogP contribution in [-0.2, 0) is 10.2 Å². The molecule has 2 rings (SSSR count). The predicted octanol–water partition coefficient (Wildman–Crippen LogP) is 1.11. The minimum atomic E-state index is -3.45. The summed E-state index contributed by atoms with van der Waals surface area (Å²) in [7, 11) is -1.84. The van der Waals surface area contributed by atoms with Gasteiger partial charge in [0.05, 0.1) is 6.04 Å². The molecule has 1 aliphatic carbocycles. The number of aromatic nitrogens is 1. The highest BCUT2D eigenvalue weighted by atomic mass is 32.2. The van der Waals surface area contributed by atoms with E-state index < -0.39 is 10.2 Å². The Hall–Kier alpha value is -0.540. The highest BCUT2D eigenvalue weighted by Crippen LogP contribution is 2.18. The number of nitrogens with one attached hydrogen (secondary N) is 2. The number of rotatable bonds is 9. The van der Waals surface area contributed by atoms with Crippen LogP contribution in [0, 0.1) is 0 Å². The van der Waals surface area contributed by atoms with Crippen molar-refractivity contribution in [2.45, 2.75) is 38.3 Å². The van der Waals surface area contributed by atoms with Crippen LogP contribution < -0.4 is 10.0 Å². The van der Waals surface area contributed by atoms with Gasteiger partial charge < -0.3 is 5.32 Å². The molecule has 6 nitrogen and oxygen atoms in total. The maximum atomic E-state index is 12.1. The Morgan fingerprint density at radius 3 is 2.90 bits per heavy atom. The molecule has 1 aromatic rings. The van der Waals surface area contributed by atoms with Gasteiger partial charge in [0.2, 0.25) is 0 Å². The van der Waals surface area contributed by atoms with Gasteiger partial charge in [-0.3, -0.25) is 0 Å². The minimum absolute atomic E-state index is 0.299. The number of hydrogen-bond donors (Lipinski definition) is 2. The van der Waals surface area contributed by atoms with Gasteiger partial charge in [-0.2, -0.15) is 17.4 Å². The SMILES string of the molecule is CC(NS(=O)(=O)N(C)CCCNC1CC1)c1nccs1. The Labute approximate surface area is 124 Å². The van der Waals surface area contributed by atoms with Gasteiger partial charge in [-0.05, 0) is 32.7 Å². The average molecular weight is 318 g/mol. The second-order valence-electron chi connectivity index (χ2n) is 5.12. The summed E-state index contributed by atoms with van der Waals surface area (Å²) in [5.74, 6) is 0. The molecule has 0 amide bonds. The quantitative estimate of drug-likeness (QED) is 0.669. The van der Waals surface area contributed by atoms with E-state index in [4.69, 9.17) is 0 Å². The lowest BCUT2D eigenvalue weighted by Gasteiger charge is -2.20. The van der Waals surface area contributed by atoms with Gasteiger partial charge >= 0.3 is 0 Å². The molecular formula is C12H22N4O2S2. The first-order valence-corrected chi connectivity index (χ1v) is 9.17. The van der Waals surface area contributed by atoms with E-state index in [1.54, 1.807) is 20.2 Å². The van der Waals surface area contributed by atoms with Crippen molar-refractivity contribution in [3.63, 3.8) is 0 Å². The molecule has 0 aromatic carbocycles. The van der Waals surface area contributed by atoms with Crippen LogP contribution in [0.25, 0.3) is 0 Å². The van der Waals surface area contributed by atoms with Crippen LogP contribution in [0.15, 0.2) is 11.6 Å². The van der Waals surface area contributed by atoms with E-state index in [0.29, 0.717) is 12.6 Å². The fourth-order valence-corrected chi connectivity index (χ4v) is 3.66. The molecule has 1 atom stereocenters. The molecule has 1 aromatic heterocycles. The van der Waals surface area contributed by atoms with Crippen LogP contribution in [0.2, 0.25) is 0 Å². The minimum Gasteiger partial charge on any atom is -0.314 e. The third-order valence-corrected chi connectivity index (χ3v) is 5.83. The van der Waals surface area contributed by atoms with Gasteiger partial charge in [-0.1, -0.05) is 0 Å². The standard InChI is InChI=1S/C12H22N4O2S2/c1-10(12-14-7-9-19-12)15-20(17,18)16(2)8-3-6-13-11-4-5-11/h7,9-11,13,15H,3-6,8H2,1-2H3. The van der Waals surface area contributed by atoms with Gasteiger partial charge in [0, 0.05) is 31.2 Å². The van der Waals surface area contributed by atoms with E-state index in [0.717, 1.165) is 18.0 Å². The molecule has 1 fully saturated rings. The zero-order chi connectivity index (χ0) is 14.6. The van der Waals surface area contributed by atoms with Crippen LogP contribution in [0.4, 0.5) is 0 Å². The first-order chi connectivity index (χ1) is 9.49. The van der Waals surface area contributed by atoms with Crippen molar-refractivity contribution in [1.29, 1.82) is 0 Å². The Balaban J connectivity index is 1.75. The molecule has 0 saturated heterocycles. The normalized spacial score (nSPS) is 17.6. The zero-order valence-electron chi connectivity index (χ0n) is 11.9. The lowest BCUT2D eigenvalue weighted by atomic mass is 10.4. The van der Waals surface area contributed by atoms with E-state index in [-0.39, 0.29) is 6.04 Å². The Morgan fingerprint density at radius 2 is 2.30 bits per heavy atom. The zero-order valence-corrected chi connectivity index (χ0v) is 13.5.